The lowest BCUT2D eigenvalue weighted by molar-refractivity contribution is -0.143. The lowest BCUT2D eigenvalue weighted by atomic mass is 10.1. The second-order valence-corrected chi connectivity index (χ2v) is 3.94. The van der Waals surface area contributed by atoms with Crippen molar-refractivity contribution in [3.8, 4) is 0 Å². The first-order valence-electron chi connectivity index (χ1n) is 5.21. The van der Waals surface area contributed by atoms with Crippen LogP contribution in [0.2, 0.25) is 0 Å². The fraction of sp³-hybridized carbons (Fsp3) is 0.700. The van der Waals surface area contributed by atoms with Crippen molar-refractivity contribution in [3.63, 3.8) is 0 Å². The van der Waals surface area contributed by atoms with Gasteiger partial charge in [0.15, 0.2) is 0 Å². The van der Waals surface area contributed by atoms with E-state index < -0.39 is 23.9 Å². The van der Waals surface area contributed by atoms with E-state index >= 15 is 0 Å². The highest BCUT2D eigenvalue weighted by molar-refractivity contribution is 5.84. The maximum absolute atomic E-state index is 11.4. The summed E-state index contributed by atoms with van der Waals surface area (Å²) in [7, 11) is 3.60. The number of amides is 1. The van der Waals surface area contributed by atoms with Crippen LogP contribution in [0, 0.1) is 0 Å². The summed E-state index contributed by atoms with van der Waals surface area (Å²) in [6.45, 7) is 0.511. The first-order valence-corrected chi connectivity index (χ1v) is 5.21. The number of carboxylic acid groups (broad SMARTS) is 2. The molecular formula is C10H18N2O5. The molecule has 3 N–H and O–H groups in total. The smallest absolute Gasteiger partial charge is 0.326 e. The lowest BCUT2D eigenvalue weighted by Gasteiger charge is -2.14. The summed E-state index contributed by atoms with van der Waals surface area (Å²) in [6, 6.07) is -1.14. The largest absolute Gasteiger partial charge is 0.481 e. The van der Waals surface area contributed by atoms with Gasteiger partial charge in [0.1, 0.15) is 6.04 Å². The molecule has 0 aromatic carbocycles. The van der Waals surface area contributed by atoms with Gasteiger partial charge in [0.25, 0.3) is 0 Å². The van der Waals surface area contributed by atoms with Crippen molar-refractivity contribution in [2.45, 2.75) is 25.3 Å². The van der Waals surface area contributed by atoms with Crippen LogP contribution in [0.4, 0.5) is 0 Å². The molecule has 0 spiro atoms. The SMILES string of the molecule is CN(C)CCC(=O)N[C@@H](CCC(=O)O)C(=O)O. The number of nitrogens with one attached hydrogen (secondary N) is 1. The van der Waals surface area contributed by atoms with Crippen LogP contribution in [0.3, 0.4) is 0 Å². The number of aliphatic carboxylic acids is 2. The number of hydrogen-bond acceptors (Lipinski definition) is 4. The molecule has 0 unspecified atom stereocenters. The molecule has 0 saturated heterocycles. The summed E-state index contributed by atoms with van der Waals surface area (Å²) >= 11 is 0. The Labute approximate surface area is 99.4 Å². The Morgan fingerprint density at radius 1 is 1.18 bits per heavy atom. The van der Waals surface area contributed by atoms with Gasteiger partial charge in [0.05, 0.1) is 0 Å². The fourth-order valence-corrected chi connectivity index (χ4v) is 1.12. The Morgan fingerprint density at radius 2 is 1.76 bits per heavy atom. The molecule has 0 aromatic heterocycles. The van der Waals surface area contributed by atoms with Gasteiger partial charge >= 0.3 is 11.9 Å². The second kappa shape index (κ2) is 7.61. The van der Waals surface area contributed by atoms with E-state index in [9.17, 15) is 14.4 Å². The van der Waals surface area contributed by atoms with Gasteiger partial charge in [-0.25, -0.2) is 4.79 Å². The summed E-state index contributed by atoms with van der Waals surface area (Å²) in [5.74, 6) is -2.69. The van der Waals surface area contributed by atoms with Crippen LogP contribution < -0.4 is 5.32 Å². The molecule has 0 saturated carbocycles. The van der Waals surface area contributed by atoms with E-state index in [0.717, 1.165) is 0 Å². The minimum absolute atomic E-state index is 0.113. The first kappa shape index (κ1) is 15.4. The van der Waals surface area contributed by atoms with Crippen molar-refractivity contribution in [3.05, 3.63) is 0 Å². The molecule has 0 radical (unpaired) electrons. The third-order valence-electron chi connectivity index (χ3n) is 2.07. The van der Waals surface area contributed by atoms with Crippen molar-refractivity contribution >= 4 is 17.8 Å². The van der Waals surface area contributed by atoms with Crippen LogP contribution in [-0.2, 0) is 14.4 Å². The van der Waals surface area contributed by atoms with Crippen molar-refractivity contribution in [2.75, 3.05) is 20.6 Å². The summed E-state index contributed by atoms with van der Waals surface area (Å²) in [6.07, 6.45) is -0.215. The maximum Gasteiger partial charge on any atom is 0.326 e. The Bertz CT molecular complexity index is 290. The molecular weight excluding hydrogens is 228 g/mol. The third kappa shape index (κ3) is 8.21. The molecule has 0 bridgehead atoms. The number of carbonyl (C=O) groups is 3. The van der Waals surface area contributed by atoms with Crippen molar-refractivity contribution in [1.82, 2.24) is 10.2 Å². The molecule has 0 heterocycles. The molecule has 7 heteroatoms. The maximum atomic E-state index is 11.4. The molecule has 0 rings (SSSR count). The third-order valence-corrected chi connectivity index (χ3v) is 2.07. The minimum Gasteiger partial charge on any atom is -0.481 e. The first-order chi connectivity index (χ1) is 7.82. The monoisotopic (exact) mass is 246 g/mol. The average molecular weight is 246 g/mol. The van der Waals surface area contributed by atoms with Crippen LogP contribution in [0.25, 0.3) is 0 Å². The molecule has 0 aliphatic rings. The number of nitrogens with zero attached hydrogens (tertiary/aromatic N) is 1. The molecule has 0 aliphatic heterocycles. The Kier molecular flexibility index (Phi) is 6.88. The summed E-state index contributed by atoms with van der Waals surface area (Å²) in [5.41, 5.74) is 0. The minimum atomic E-state index is -1.22. The average Bonchev–Trinajstić information content (AvgIpc) is 2.20. The van der Waals surface area contributed by atoms with Gasteiger partial charge in [-0.1, -0.05) is 0 Å². The highest BCUT2D eigenvalue weighted by Crippen LogP contribution is 1.99. The molecule has 0 aliphatic carbocycles. The van der Waals surface area contributed by atoms with Crippen LogP contribution in [0.1, 0.15) is 19.3 Å². The molecule has 98 valence electrons. The summed E-state index contributed by atoms with van der Waals surface area (Å²) < 4.78 is 0. The van der Waals surface area contributed by atoms with Crippen molar-refractivity contribution in [1.29, 1.82) is 0 Å². The van der Waals surface area contributed by atoms with Crippen molar-refractivity contribution in [2.24, 2.45) is 0 Å². The van der Waals surface area contributed by atoms with E-state index in [0.29, 0.717) is 6.54 Å². The number of carboxylic acids is 2. The Hall–Kier alpha value is -1.63. The van der Waals surface area contributed by atoms with E-state index in [-0.39, 0.29) is 19.3 Å². The van der Waals surface area contributed by atoms with E-state index in [1.54, 1.807) is 19.0 Å². The molecule has 1 atom stereocenters. The van der Waals surface area contributed by atoms with E-state index in [1.807, 2.05) is 0 Å². The molecule has 1 amide bonds. The van der Waals surface area contributed by atoms with Gasteiger partial charge in [-0.15, -0.1) is 0 Å². The molecule has 0 fully saturated rings. The van der Waals surface area contributed by atoms with Crippen LogP contribution in [0.15, 0.2) is 0 Å². The van der Waals surface area contributed by atoms with Crippen molar-refractivity contribution < 1.29 is 24.6 Å². The van der Waals surface area contributed by atoms with Gasteiger partial charge < -0.3 is 20.4 Å². The van der Waals surface area contributed by atoms with Crippen LogP contribution in [0.5, 0.6) is 0 Å². The van der Waals surface area contributed by atoms with Crippen LogP contribution >= 0.6 is 0 Å². The molecule has 0 aromatic rings. The Morgan fingerprint density at radius 3 is 2.18 bits per heavy atom. The quantitative estimate of drug-likeness (QED) is 0.526. The van der Waals surface area contributed by atoms with E-state index in [4.69, 9.17) is 10.2 Å². The standard InChI is InChI=1S/C10H18N2O5/c1-12(2)6-5-8(13)11-7(10(16)17)3-4-9(14)15/h7H,3-6H2,1-2H3,(H,11,13)(H,14,15)(H,16,17)/t7-/m0/s1. The number of rotatable bonds is 8. The zero-order chi connectivity index (χ0) is 13.4. The molecule has 7 nitrogen and oxygen atoms in total. The van der Waals surface area contributed by atoms with Gasteiger partial charge in [-0.3, -0.25) is 9.59 Å². The second-order valence-electron chi connectivity index (χ2n) is 3.94. The highest BCUT2D eigenvalue weighted by Gasteiger charge is 2.20. The topological polar surface area (TPSA) is 107 Å². The molecule has 17 heavy (non-hydrogen) atoms. The zero-order valence-electron chi connectivity index (χ0n) is 9.97. The summed E-state index contributed by atoms with van der Waals surface area (Å²) in [5, 5.41) is 19.5. The van der Waals surface area contributed by atoms with Crippen LogP contribution in [-0.4, -0.2) is 59.6 Å². The van der Waals surface area contributed by atoms with E-state index in [2.05, 4.69) is 5.32 Å². The fourth-order valence-electron chi connectivity index (χ4n) is 1.12. The van der Waals surface area contributed by atoms with Gasteiger partial charge in [0, 0.05) is 19.4 Å². The predicted molar refractivity (Wildman–Crippen MR) is 59.6 cm³/mol. The Balaban J connectivity index is 4.11. The highest BCUT2D eigenvalue weighted by atomic mass is 16.4. The van der Waals surface area contributed by atoms with E-state index in [1.165, 1.54) is 0 Å². The predicted octanol–water partition coefficient (Wildman–Crippen LogP) is -0.628. The number of carbonyl (C=O) groups excluding carboxylic acids is 1. The lowest BCUT2D eigenvalue weighted by Crippen LogP contribution is -2.41. The normalized spacial score (nSPS) is 12.2. The zero-order valence-corrected chi connectivity index (χ0v) is 9.97. The summed E-state index contributed by atoms with van der Waals surface area (Å²) in [4.78, 5) is 34.2. The van der Waals surface area contributed by atoms with Gasteiger partial charge in [0.2, 0.25) is 5.91 Å². The number of hydrogen-bond donors (Lipinski definition) is 3. The van der Waals surface area contributed by atoms with Gasteiger partial charge in [-0.2, -0.15) is 0 Å². The van der Waals surface area contributed by atoms with Gasteiger partial charge in [-0.05, 0) is 20.5 Å².